The van der Waals surface area contributed by atoms with E-state index in [2.05, 4.69) is 29.2 Å². The molecule has 2 aliphatic rings. The number of rotatable bonds is 1. The van der Waals surface area contributed by atoms with Crippen molar-refractivity contribution in [2.75, 3.05) is 18.0 Å². The van der Waals surface area contributed by atoms with E-state index in [9.17, 15) is 0 Å². The van der Waals surface area contributed by atoms with Crippen molar-refractivity contribution in [3.63, 3.8) is 0 Å². The van der Waals surface area contributed by atoms with E-state index >= 15 is 0 Å². The van der Waals surface area contributed by atoms with Gasteiger partial charge in [-0.25, -0.2) is 0 Å². The average Bonchev–Trinajstić information content (AvgIpc) is 2.97. The van der Waals surface area contributed by atoms with Crippen molar-refractivity contribution in [2.45, 2.75) is 31.6 Å². The van der Waals surface area contributed by atoms with E-state index < -0.39 is 0 Å². The zero-order chi connectivity index (χ0) is 11.0. The Morgan fingerprint density at radius 2 is 2.06 bits per heavy atom. The minimum Gasteiger partial charge on any atom is -0.372 e. The third kappa shape index (κ3) is 1.48. The van der Waals surface area contributed by atoms with Crippen molar-refractivity contribution >= 4 is 5.69 Å². The normalized spacial score (nSPS) is 23.2. The van der Waals surface area contributed by atoms with Gasteiger partial charge < -0.3 is 4.90 Å². The highest BCUT2D eigenvalue weighted by Crippen LogP contribution is 2.35. The number of aryl methyl sites for hydroxylation is 1. The van der Waals surface area contributed by atoms with Crippen molar-refractivity contribution < 1.29 is 0 Å². The van der Waals surface area contributed by atoms with E-state index in [1.165, 1.54) is 42.7 Å². The molecule has 82 valence electrons. The molecule has 0 aromatic heterocycles. The molecule has 0 saturated carbocycles. The number of hydrogen-bond acceptors (Lipinski definition) is 2. The van der Waals surface area contributed by atoms with E-state index in [1.54, 1.807) is 0 Å². The maximum atomic E-state index is 9.03. The Morgan fingerprint density at radius 1 is 1.25 bits per heavy atom. The average molecular weight is 212 g/mol. The van der Waals surface area contributed by atoms with E-state index in [4.69, 9.17) is 5.26 Å². The van der Waals surface area contributed by atoms with Crippen LogP contribution in [0.1, 0.15) is 36.3 Å². The first kappa shape index (κ1) is 9.72. The van der Waals surface area contributed by atoms with Crippen LogP contribution in [0.2, 0.25) is 0 Å². The van der Waals surface area contributed by atoms with Gasteiger partial charge in [0.05, 0.1) is 12.0 Å². The second kappa shape index (κ2) is 3.83. The molecular formula is C14H16N2. The maximum Gasteiger partial charge on any atom is 0.0718 e. The van der Waals surface area contributed by atoms with Crippen LogP contribution in [0, 0.1) is 11.3 Å². The first-order valence-corrected chi connectivity index (χ1v) is 6.16. The molecule has 0 amide bonds. The molecule has 1 heterocycles. The Kier molecular flexibility index (Phi) is 2.32. The lowest BCUT2D eigenvalue weighted by Crippen LogP contribution is -2.17. The second-order valence-corrected chi connectivity index (χ2v) is 4.80. The van der Waals surface area contributed by atoms with Crippen LogP contribution in [0.15, 0.2) is 18.2 Å². The third-order valence-corrected chi connectivity index (χ3v) is 3.83. The number of fused-ring (bicyclic) bond motifs is 1. The van der Waals surface area contributed by atoms with Gasteiger partial charge in [-0.1, -0.05) is 6.07 Å². The largest absolute Gasteiger partial charge is 0.372 e. The monoisotopic (exact) mass is 212 g/mol. The highest BCUT2D eigenvalue weighted by molar-refractivity contribution is 5.54. The summed E-state index contributed by atoms with van der Waals surface area (Å²) in [6.45, 7) is 2.39. The Hall–Kier alpha value is -1.49. The van der Waals surface area contributed by atoms with Gasteiger partial charge in [0.2, 0.25) is 0 Å². The number of nitriles is 1. The molecule has 1 aromatic rings. The van der Waals surface area contributed by atoms with Gasteiger partial charge in [-0.2, -0.15) is 5.26 Å². The summed E-state index contributed by atoms with van der Waals surface area (Å²) in [6, 6.07) is 9.06. The van der Waals surface area contributed by atoms with Gasteiger partial charge >= 0.3 is 0 Å². The van der Waals surface area contributed by atoms with Crippen molar-refractivity contribution in [1.82, 2.24) is 0 Å². The summed E-state index contributed by atoms with van der Waals surface area (Å²) in [4.78, 5) is 2.46. The number of nitrogens with zero attached hydrogens (tertiary/aromatic N) is 2. The molecule has 0 radical (unpaired) electrons. The number of benzene rings is 1. The molecule has 1 aromatic carbocycles. The summed E-state index contributed by atoms with van der Waals surface area (Å²) in [5, 5.41) is 9.03. The van der Waals surface area contributed by atoms with Gasteiger partial charge in [-0.3, -0.25) is 0 Å². The second-order valence-electron chi connectivity index (χ2n) is 4.80. The van der Waals surface area contributed by atoms with Crippen LogP contribution < -0.4 is 4.90 Å². The molecule has 0 N–H and O–H groups in total. The fraction of sp³-hybridized carbons (Fsp3) is 0.500. The van der Waals surface area contributed by atoms with Gasteiger partial charge in [-0.15, -0.1) is 0 Å². The fourth-order valence-corrected chi connectivity index (χ4v) is 2.91. The SMILES string of the molecule is N#CC1CCc2cc(N3CCCC3)ccc21. The molecule has 1 unspecified atom stereocenters. The topological polar surface area (TPSA) is 27.0 Å². The van der Waals surface area contributed by atoms with Gasteiger partial charge in [0.15, 0.2) is 0 Å². The van der Waals surface area contributed by atoms with Crippen LogP contribution >= 0.6 is 0 Å². The van der Waals surface area contributed by atoms with Crippen LogP contribution in [0.25, 0.3) is 0 Å². The quantitative estimate of drug-likeness (QED) is 0.715. The molecule has 2 nitrogen and oxygen atoms in total. The third-order valence-electron chi connectivity index (χ3n) is 3.83. The minimum absolute atomic E-state index is 0.141. The maximum absolute atomic E-state index is 9.03. The smallest absolute Gasteiger partial charge is 0.0718 e. The van der Waals surface area contributed by atoms with Gasteiger partial charge in [-0.05, 0) is 48.9 Å². The van der Waals surface area contributed by atoms with Crippen molar-refractivity contribution in [3.05, 3.63) is 29.3 Å². The van der Waals surface area contributed by atoms with Crippen molar-refractivity contribution in [1.29, 1.82) is 5.26 Å². The molecule has 0 bridgehead atoms. The van der Waals surface area contributed by atoms with Crippen LogP contribution in [-0.2, 0) is 6.42 Å². The Labute approximate surface area is 96.5 Å². The molecule has 1 aliphatic carbocycles. The standard InChI is InChI=1S/C14H16N2/c15-10-12-4-3-11-9-13(5-6-14(11)12)16-7-1-2-8-16/h5-6,9,12H,1-4,7-8H2. The predicted molar refractivity (Wildman–Crippen MR) is 64.6 cm³/mol. The van der Waals surface area contributed by atoms with Gasteiger partial charge in [0, 0.05) is 18.8 Å². The van der Waals surface area contributed by atoms with Gasteiger partial charge in [0.25, 0.3) is 0 Å². The molecule has 1 saturated heterocycles. The van der Waals surface area contributed by atoms with Crippen molar-refractivity contribution in [3.8, 4) is 6.07 Å². The molecule has 16 heavy (non-hydrogen) atoms. The fourth-order valence-electron chi connectivity index (χ4n) is 2.91. The molecule has 1 fully saturated rings. The lowest BCUT2D eigenvalue weighted by molar-refractivity contribution is 0.826. The number of hydrogen-bond donors (Lipinski definition) is 0. The van der Waals surface area contributed by atoms with Crippen LogP contribution in [0.5, 0.6) is 0 Å². The van der Waals surface area contributed by atoms with E-state index in [-0.39, 0.29) is 5.92 Å². The Bertz CT molecular complexity index is 439. The summed E-state index contributed by atoms with van der Waals surface area (Å²) in [6.07, 6.45) is 4.72. The van der Waals surface area contributed by atoms with Crippen LogP contribution in [0.4, 0.5) is 5.69 Å². The summed E-state index contributed by atoms with van der Waals surface area (Å²) < 4.78 is 0. The summed E-state index contributed by atoms with van der Waals surface area (Å²) in [5.41, 5.74) is 4.02. The molecular weight excluding hydrogens is 196 g/mol. The molecule has 0 spiro atoms. The Morgan fingerprint density at radius 3 is 2.81 bits per heavy atom. The summed E-state index contributed by atoms with van der Waals surface area (Å²) in [7, 11) is 0. The summed E-state index contributed by atoms with van der Waals surface area (Å²) in [5.74, 6) is 0.141. The molecule has 2 heteroatoms. The lowest BCUT2D eigenvalue weighted by Gasteiger charge is -2.18. The number of anilines is 1. The lowest BCUT2D eigenvalue weighted by atomic mass is 10.0. The van der Waals surface area contributed by atoms with E-state index in [1.807, 2.05) is 0 Å². The highest BCUT2D eigenvalue weighted by atomic mass is 15.1. The molecule has 1 atom stereocenters. The predicted octanol–water partition coefficient (Wildman–Crippen LogP) is 2.84. The van der Waals surface area contributed by atoms with Gasteiger partial charge in [0.1, 0.15) is 0 Å². The minimum atomic E-state index is 0.141. The zero-order valence-corrected chi connectivity index (χ0v) is 9.45. The first-order chi connectivity index (χ1) is 7.88. The van der Waals surface area contributed by atoms with E-state index in [0.29, 0.717) is 0 Å². The Balaban J connectivity index is 1.92. The van der Waals surface area contributed by atoms with Crippen LogP contribution in [-0.4, -0.2) is 13.1 Å². The summed E-state index contributed by atoms with van der Waals surface area (Å²) >= 11 is 0. The molecule has 3 rings (SSSR count). The van der Waals surface area contributed by atoms with E-state index in [0.717, 1.165) is 12.8 Å². The van der Waals surface area contributed by atoms with Crippen LogP contribution in [0.3, 0.4) is 0 Å². The zero-order valence-electron chi connectivity index (χ0n) is 9.45. The van der Waals surface area contributed by atoms with Crippen molar-refractivity contribution in [2.24, 2.45) is 0 Å². The highest BCUT2D eigenvalue weighted by Gasteiger charge is 2.23. The first-order valence-electron chi connectivity index (χ1n) is 6.16. The molecule has 1 aliphatic heterocycles.